The molecular formula is C10H14BrN5O2S. The van der Waals surface area contributed by atoms with Crippen molar-refractivity contribution < 1.29 is 5.11 Å². The van der Waals surface area contributed by atoms with E-state index >= 15 is 0 Å². The normalized spacial score (nSPS) is 22.8. The van der Waals surface area contributed by atoms with Crippen molar-refractivity contribution in [1.82, 2.24) is 20.6 Å². The number of aromatic nitrogens is 2. The van der Waals surface area contributed by atoms with E-state index in [-0.39, 0.29) is 23.5 Å². The molecule has 5 N–H and O–H groups in total. The van der Waals surface area contributed by atoms with E-state index in [1.165, 1.54) is 6.20 Å². The van der Waals surface area contributed by atoms with E-state index < -0.39 is 0 Å². The first-order valence-corrected chi connectivity index (χ1v) is 6.96. The van der Waals surface area contributed by atoms with Gasteiger partial charge in [0.1, 0.15) is 4.60 Å². The van der Waals surface area contributed by atoms with Crippen molar-refractivity contribution in [3.05, 3.63) is 21.2 Å². The van der Waals surface area contributed by atoms with Gasteiger partial charge >= 0.3 is 0 Å². The highest BCUT2D eigenvalue weighted by molar-refractivity contribution is 9.10. The van der Waals surface area contributed by atoms with Crippen LogP contribution >= 0.6 is 28.1 Å². The lowest BCUT2D eigenvalue weighted by atomic mass is 10.1. The Balaban J connectivity index is 1.94. The number of halogens is 1. The summed E-state index contributed by atoms with van der Waals surface area (Å²) in [6.07, 6.45) is 1.67. The first-order chi connectivity index (χ1) is 9.04. The van der Waals surface area contributed by atoms with Gasteiger partial charge in [0.05, 0.1) is 6.10 Å². The number of aromatic amines is 1. The van der Waals surface area contributed by atoms with E-state index in [9.17, 15) is 9.90 Å². The summed E-state index contributed by atoms with van der Waals surface area (Å²) in [5.74, 6) is 0.121. The van der Waals surface area contributed by atoms with Gasteiger partial charge in [-0.05, 0) is 34.6 Å². The maximum atomic E-state index is 11.5. The number of aliphatic hydroxyl groups excluding tert-OH is 1. The standard InChI is InChI=1S/C10H14BrN5O2S/c11-7-4-13-9(18)8(15-7)16-10(19)14-5-1-6(17)3-12-2-5/h4-6,12,17H,1-3H2,(H,13,18)(H2,14,15,16,19)/t5-,6+/m1/s1. The first kappa shape index (κ1) is 14.4. The molecule has 1 aromatic rings. The van der Waals surface area contributed by atoms with E-state index in [4.69, 9.17) is 12.2 Å². The Labute approximate surface area is 123 Å². The lowest BCUT2D eigenvalue weighted by Gasteiger charge is -2.28. The molecule has 1 aliphatic heterocycles. The third kappa shape index (κ3) is 4.23. The molecule has 0 spiro atoms. The number of β-amino-alcohol motifs (C(OH)–C–C–N with tert-alkyl or cyclic N) is 1. The summed E-state index contributed by atoms with van der Waals surface area (Å²) in [4.78, 5) is 18.0. The SMILES string of the molecule is O=c1[nH]cc(Br)nc1NC(=S)N[C@H]1CNC[C@@H](O)C1. The molecule has 7 nitrogen and oxygen atoms in total. The number of piperidine rings is 1. The number of rotatable bonds is 2. The van der Waals surface area contributed by atoms with Gasteiger partial charge in [-0.25, -0.2) is 4.98 Å². The maximum absolute atomic E-state index is 11.5. The molecule has 0 radical (unpaired) electrons. The molecule has 1 saturated heterocycles. The highest BCUT2D eigenvalue weighted by atomic mass is 79.9. The van der Waals surface area contributed by atoms with Crippen molar-refractivity contribution in [3.8, 4) is 0 Å². The molecule has 19 heavy (non-hydrogen) atoms. The monoisotopic (exact) mass is 347 g/mol. The van der Waals surface area contributed by atoms with Crippen molar-refractivity contribution in [1.29, 1.82) is 0 Å². The number of hydrogen-bond acceptors (Lipinski definition) is 5. The lowest BCUT2D eigenvalue weighted by Crippen LogP contribution is -2.51. The summed E-state index contributed by atoms with van der Waals surface area (Å²) in [7, 11) is 0. The summed E-state index contributed by atoms with van der Waals surface area (Å²) in [6.45, 7) is 1.30. The second-order valence-corrected chi connectivity index (χ2v) is 5.46. The minimum Gasteiger partial charge on any atom is -0.392 e. The number of thiocarbonyl (C=S) groups is 1. The Hall–Kier alpha value is -1.03. The second-order valence-electron chi connectivity index (χ2n) is 4.24. The fraction of sp³-hybridized carbons (Fsp3) is 0.500. The van der Waals surface area contributed by atoms with Crippen LogP contribution in [-0.2, 0) is 0 Å². The van der Waals surface area contributed by atoms with Crippen LogP contribution in [-0.4, -0.2) is 45.4 Å². The molecule has 0 amide bonds. The Morgan fingerprint density at radius 3 is 3.11 bits per heavy atom. The zero-order chi connectivity index (χ0) is 13.8. The van der Waals surface area contributed by atoms with E-state index in [2.05, 4.69) is 41.8 Å². The fourth-order valence-electron chi connectivity index (χ4n) is 1.83. The Morgan fingerprint density at radius 2 is 2.37 bits per heavy atom. The maximum Gasteiger partial charge on any atom is 0.291 e. The van der Waals surface area contributed by atoms with Gasteiger partial charge < -0.3 is 26.0 Å². The van der Waals surface area contributed by atoms with Crippen LogP contribution < -0.4 is 21.5 Å². The van der Waals surface area contributed by atoms with Crippen molar-refractivity contribution in [2.45, 2.75) is 18.6 Å². The van der Waals surface area contributed by atoms with Gasteiger partial charge in [-0.3, -0.25) is 4.79 Å². The minimum atomic E-state index is -0.388. The molecule has 1 aromatic heterocycles. The summed E-state index contributed by atoms with van der Waals surface area (Å²) in [5, 5.41) is 18.7. The Bertz CT molecular complexity index is 523. The van der Waals surface area contributed by atoms with Gasteiger partial charge in [-0.2, -0.15) is 0 Å². The van der Waals surface area contributed by atoms with E-state index in [1.807, 2.05) is 0 Å². The number of nitrogens with zero attached hydrogens (tertiary/aromatic N) is 1. The quantitative estimate of drug-likeness (QED) is 0.461. The third-order valence-electron chi connectivity index (χ3n) is 2.65. The molecule has 2 atom stereocenters. The molecule has 1 fully saturated rings. The number of hydrogen-bond donors (Lipinski definition) is 5. The average molecular weight is 348 g/mol. The summed E-state index contributed by atoms with van der Waals surface area (Å²) in [6, 6.07) is 0.0231. The van der Waals surface area contributed by atoms with Crippen molar-refractivity contribution >= 4 is 39.1 Å². The molecule has 9 heteroatoms. The van der Waals surface area contributed by atoms with Crippen LogP contribution in [0.3, 0.4) is 0 Å². The van der Waals surface area contributed by atoms with Crippen LogP contribution in [0.2, 0.25) is 0 Å². The highest BCUT2D eigenvalue weighted by Gasteiger charge is 2.20. The van der Waals surface area contributed by atoms with Gasteiger partial charge in [-0.15, -0.1) is 0 Å². The Kier molecular flexibility index (Phi) is 4.86. The molecule has 0 aliphatic carbocycles. The second kappa shape index (κ2) is 6.42. The van der Waals surface area contributed by atoms with Crippen LogP contribution in [0, 0.1) is 0 Å². The van der Waals surface area contributed by atoms with Gasteiger partial charge in [0.15, 0.2) is 10.9 Å². The van der Waals surface area contributed by atoms with Crippen molar-refractivity contribution in [2.75, 3.05) is 18.4 Å². The summed E-state index contributed by atoms with van der Waals surface area (Å²) >= 11 is 8.28. The Morgan fingerprint density at radius 1 is 1.58 bits per heavy atom. The summed E-state index contributed by atoms with van der Waals surface area (Å²) < 4.78 is 0.507. The zero-order valence-corrected chi connectivity index (χ0v) is 12.3. The molecule has 0 unspecified atom stereocenters. The molecular weight excluding hydrogens is 334 g/mol. The van der Waals surface area contributed by atoms with Gasteiger partial charge in [0.25, 0.3) is 5.56 Å². The molecule has 0 saturated carbocycles. The third-order valence-corrected chi connectivity index (χ3v) is 3.28. The highest BCUT2D eigenvalue weighted by Crippen LogP contribution is 2.05. The van der Waals surface area contributed by atoms with Gasteiger partial charge in [0, 0.05) is 25.3 Å². The number of anilines is 1. The number of aliphatic hydroxyl groups is 1. The van der Waals surface area contributed by atoms with Crippen molar-refractivity contribution in [3.63, 3.8) is 0 Å². The van der Waals surface area contributed by atoms with E-state index in [1.54, 1.807) is 0 Å². The number of H-pyrrole nitrogens is 1. The molecule has 0 aromatic carbocycles. The topological polar surface area (TPSA) is 102 Å². The molecule has 2 rings (SSSR count). The van der Waals surface area contributed by atoms with Crippen LogP contribution in [0.4, 0.5) is 5.82 Å². The fourth-order valence-corrected chi connectivity index (χ4v) is 2.38. The van der Waals surface area contributed by atoms with Crippen LogP contribution in [0.15, 0.2) is 15.6 Å². The minimum absolute atomic E-state index is 0.0231. The van der Waals surface area contributed by atoms with Crippen LogP contribution in [0.5, 0.6) is 0 Å². The predicted octanol–water partition coefficient (Wildman–Crippen LogP) is -0.458. The van der Waals surface area contributed by atoms with Crippen LogP contribution in [0.1, 0.15) is 6.42 Å². The lowest BCUT2D eigenvalue weighted by molar-refractivity contribution is 0.129. The average Bonchev–Trinajstić information content (AvgIpc) is 2.34. The summed E-state index contributed by atoms with van der Waals surface area (Å²) in [5.41, 5.74) is -0.353. The largest absolute Gasteiger partial charge is 0.392 e. The van der Waals surface area contributed by atoms with Crippen LogP contribution in [0.25, 0.3) is 0 Å². The first-order valence-electron chi connectivity index (χ1n) is 5.76. The smallest absolute Gasteiger partial charge is 0.291 e. The predicted molar refractivity (Wildman–Crippen MR) is 79.2 cm³/mol. The van der Waals surface area contributed by atoms with E-state index in [0.29, 0.717) is 29.2 Å². The van der Waals surface area contributed by atoms with Gasteiger partial charge in [0.2, 0.25) is 0 Å². The van der Waals surface area contributed by atoms with E-state index in [0.717, 1.165) is 0 Å². The molecule has 1 aliphatic rings. The molecule has 2 heterocycles. The molecule has 0 bridgehead atoms. The van der Waals surface area contributed by atoms with Crippen molar-refractivity contribution in [2.24, 2.45) is 0 Å². The number of nitrogens with one attached hydrogen (secondary N) is 4. The zero-order valence-electron chi connectivity index (χ0n) is 9.94. The van der Waals surface area contributed by atoms with Gasteiger partial charge in [-0.1, -0.05) is 0 Å². The molecule has 104 valence electrons.